The number of sulfone groups is 1. The van der Waals surface area contributed by atoms with E-state index in [-0.39, 0.29) is 36.3 Å². The van der Waals surface area contributed by atoms with E-state index in [9.17, 15) is 27.6 Å². The molecule has 140 valence electrons. The number of imide groups is 1. The average molecular weight is 382 g/mol. The highest BCUT2D eigenvalue weighted by atomic mass is 32.2. The Hall–Kier alpha value is -2.75. The molecule has 1 aromatic rings. The lowest BCUT2D eigenvalue weighted by Gasteiger charge is -2.16. The van der Waals surface area contributed by atoms with E-state index in [2.05, 4.69) is 5.32 Å². The van der Waals surface area contributed by atoms with Crippen molar-refractivity contribution < 1.29 is 32.7 Å². The number of hydrogen-bond donors (Lipinski definition) is 2. The predicted octanol–water partition coefficient (Wildman–Crippen LogP) is -0.323. The Morgan fingerprint density at radius 2 is 1.69 bits per heavy atom. The van der Waals surface area contributed by atoms with Gasteiger partial charge in [0.05, 0.1) is 16.9 Å². The van der Waals surface area contributed by atoms with E-state index < -0.39 is 39.6 Å². The van der Waals surface area contributed by atoms with Crippen LogP contribution in [0.15, 0.2) is 24.3 Å². The molecule has 2 rings (SSSR count). The number of nitrogens with one attached hydrogen (secondary N) is 1. The molecule has 10 heteroatoms. The third-order valence-electron chi connectivity index (χ3n) is 3.85. The van der Waals surface area contributed by atoms with Crippen LogP contribution in [0.5, 0.6) is 0 Å². The Morgan fingerprint density at radius 1 is 1.15 bits per heavy atom. The number of nitrogens with zero attached hydrogens (tertiary/aromatic N) is 1. The number of fused-ring (bicyclic) bond motifs is 1. The summed E-state index contributed by atoms with van der Waals surface area (Å²) in [6.07, 6.45) is 0.414. The molecular weight excluding hydrogens is 364 g/mol. The third kappa shape index (κ3) is 4.66. The Bertz CT molecular complexity index is 828. The second-order valence-corrected chi connectivity index (χ2v) is 8.19. The first-order valence-corrected chi connectivity index (χ1v) is 9.81. The van der Waals surface area contributed by atoms with Crippen LogP contribution in [0, 0.1) is 0 Å². The monoisotopic (exact) mass is 382 g/mol. The summed E-state index contributed by atoms with van der Waals surface area (Å²) in [5.74, 6) is -3.46. The number of benzene rings is 1. The highest BCUT2D eigenvalue weighted by molar-refractivity contribution is 7.90. The van der Waals surface area contributed by atoms with Gasteiger partial charge < -0.3 is 10.4 Å². The van der Waals surface area contributed by atoms with Crippen molar-refractivity contribution in [1.29, 1.82) is 0 Å². The molecule has 0 aromatic heterocycles. The van der Waals surface area contributed by atoms with Gasteiger partial charge >= 0.3 is 5.97 Å². The van der Waals surface area contributed by atoms with Crippen LogP contribution < -0.4 is 5.32 Å². The number of amides is 3. The van der Waals surface area contributed by atoms with Crippen molar-refractivity contribution in [2.24, 2.45) is 0 Å². The van der Waals surface area contributed by atoms with E-state index in [1.807, 2.05) is 0 Å². The minimum atomic E-state index is -3.37. The fraction of sp³-hybridized carbons (Fsp3) is 0.375. The molecule has 1 atom stereocenters. The lowest BCUT2D eigenvalue weighted by atomic mass is 10.1. The Kier molecular flexibility index (Phi) is 5.76. The van der Waals surface area contributed by atoms with Crippen molar-refractivity contribution in [2.45, 2.75) is 18.9 Å². The standard InChI is InChI=1S/C16H18N2O7S/c1-26(24,25)9-7-12(16(22)23)17-13(19)6-8-18-14(20)10-4-2-3-5-11(10)15(18)21/h2-5,12H,6-9H2,1H3,(H,17,19)(H,22,23). The quantitative estimate of drug-likeness (QED) is 0.588. The molecule has 1 aliphatic heterocycles. The molecule has 0 bridgehead atoms. The van der Waals surface area contributed by atoms with E-state index in [0.717, 1.165) is 11.2 Å². The Morgan fingerprint density at radius 3 is 2.15 bits per heavy atom. The highest BCUT2D eigenvalue weighted by Crippen LogP contribution is 2.22. The summed E-state index contributed by atoms with van der Waals surface area (Å²) in [5, 5.41) is 11.3. The van der Waals surface area contributed by atoms with Crippen molar-refractivity contribution in [3.63, 3.8) is 0 Å². The third-order valence-corrected chi connectivity index (χ3v) is 4.83. The number of carboxylic acids is 1. The van der Waals surface area contributed by atoms with Crippen LogP contribution in [0.25, 0.3) is 0 Å². The molecule has 1 aromatic carbocycles. The van der Waals surface area contributed by atoms with E-state index in [1.54, 1.807) is 12.1 Å². The predicted molar refractivity (Wildman–Crippen MR) is 90.3 cm³/mol. The molecule has 0 radical (unpaired) electrons. The summed E-state index contributed by atoms with van der Waals surface area (Å²) in [5.41, 5.74) is 0.518. The summed E-state index contributed by atoms with van der Waals surface area (Å²) < 4.78 is 22.3. The molecule has 0 spiro atoms. The molecule has 2 N–H and O–H groups in total. The fourth-order valence-electron chi connectivity index (χ4n) is 2.51. The molecule has 1 aliphatic rings. The van der Waals surface area contributed by atoms with Gasteiger partial charge in [0, 0.05) is 19.2 Å². The zero-order valence-electron chi connectivity index (χ0n) is 14.0. The van der Waals surface area contributed by atoms with Crippen LogP contribution in [0.1, 0.15) is 33.6 Å². The van der Waals surface area contributed by atoms with E-state index in [0.29, 0.717) is 0 Å². The summed E-state index contributed by atoms with van der Waals surface area (Å²) in [6, 6.07) is 4.92. The van der Waals surface area contributed by atoms with Crippen LogP contribution in [0.4, 0.5) is 0 Å². The summed E-state index contributed by atoms with van der Waals surface area (Å²) in [7, 11) is -3.37. The van der Waals surface area contributed by atoms with Crippen molar-refractivity contribution >= 4 is 33.5 Å². The first kappa shape index (κ1) is 19.6. The maximum absolute atomic E-state index is 12.2. The molecule has 9 nitrogen and oxygen atoms in total. The molecule has 1 unspecified atom stereocenters. The second-order valence-electron chi connectivity index (χ2n) is 5.93. The average Bonchev–Trinajstić information content (AvgIpc) is 2.80. The van der Waals surface area contributed by atoms with Gasteiger partial charge in [0.15, 0.2) is 0 Å². The second kappa shape index (κ2) is 7.65. The van der Waals surface area contributed by atoms with Crippen molar-refractivity contribution in [1.82, 2.24) is 10.2 Å². The van der Waals surface area contributed by atoms with Crippen LogP contribution >= 0.6 is 0 Å². The first-order chi connectivity index (χ1) is 12.1. The van der Waals surface area contributed by atoms with Gasteiger partial charge in [-0.3, -0.25) is 19.3 Å². The maximum Gasteiger partial charge on any atom is 0.326 e. The fourth-order valence-corrected chi connectivity index (χ4v) is 3.18. The van der Waals surface area contributed by atoms with Crippen LogP contribution in [0.3, 0.4) is 0 Å². The van der Waals surface area contributed by atoms with Crippen molar-refractivity contribution in [3.8, 4) is 0 Å². The van der Waals surface area contributed by atoms with Gasteiger partial charge in [0.2, 0.25) is 5.91 Å². The Balaban J connectivity index is 1.93. The van der Waals surface area contributed by atoms with E-state index >= 15 is 0 Å². The maximum atomic E-state index is 12.2. The lowest BCUT2D eigenvalue weighted by Crippen LogP contribution is -2.43. The zero-order chi connectivity index (χ0) is 19.5. The SMILES string of the molecule is CS(=O)(=O)CCC(NC(=O)CCN1C(=O)c2ccccc2C1=O)C(=O)O. The topological polar surface area (TPSA) is 138 Å². The zero-order valence-corrected chi connectivity index (χ0v) is 14.8. The summed E-state index contributed by atoms with van der Waals surface area (Å²) in [6.45, 7) is -0.198. The number of aliphatic carboxylic acids is 1. The van der Waals surface area contributed by atoms with Crippen LogP contribution in [0.2, 0.25) is 0 Å². The Labute approximate surface area is 149 Å². The molecule has 1 heterocycles. The lowest BCUT2D eigenvalue weighted by molar-refractivity contribution is -0.141. The number of carbonyl (C=O) groups is 4. The van der Waals surface area contributed by atoms with Gasteiger partial charge in [0.25, 0.3) is 11.8 Å². The van der Waals surface area contributed by atoms with E-state index in [4.69, 9.17) is 5.11 Å². The summed E-state index contributed by atoms with van der Waals surface area (Å²) in [4.78, 5) is 48.4. The molecule has 3 amide bonds. The molecule has 0 fully saturated rings. The molecule has 0 aliphatic carbocycles. The van der Waals surface area contributed by atoms with Gasteiger partial charge in [-0.15, -0.1) is 0 Å². The largest absolute Gasteiger partial charge is 0.480 e. The number of carboxylic acid groups (broad SMARTS) is 1. The van der Waals surface area contributed by atoms with Gasteiger partial charge in [-0.1, -0.05) is 12.1 Å². The normalized spacial score (nSPS) is 14.9. The molecule has 0 saturated heterocycles. The van der Waals surface area contributed by atoms with Crippen LogP contribution in [-0.4, -0.2) is 66.7 Å². The number of hydrogen-bond acceptors (Lipinski definition) is 6. The van der Waals surface area contributed by atoms with Crippen molar-refractivity contribution in [2.75, 3.05) is 18.6 Å². The first-order valence-electron chi connectivity index (χ1n) is 7.75. The van der Waals surface area contributed by atoms with Crippen LogP contribution in [-0.2, 0) is 19.4 Å². The van der Waals surface area contributed by atoms with Gasteiger partial charge in [0.1, 0.15) is 15.9 Å². The van der Waals surface area contributed by atoms with Crippen molar-refractivity contribution in [3.05, 3.63) is 35.4 Å². The minimum absolute atomic E-state index is 0.198. The molecular formula is C16H18N2O7S. The minimum Gasteiger partial charge on any atom is -0.480 e. The smallest absolute Gasteiger partial charge is 0.326 e. The van der Waals surface area contributed by atoms with Gasteiger partial charge in [-0.05, 0) is 18.6 Å². The van der Waals surface area contributed by atoms with E-state index in [1.165, 1.54) is 12.1 Å². The summed E-state index contributed by atoms with van der Waals surface area (Å²) >= 11 is 0. The molecule has 0 saturated carbocycles. The molecule has 26 heavy (non-hydrogen) atoms. The van der Waals surface area contributed by atoms with Gasteiger partial charge in [-0.2, -0.15) is 0 Å². The number of rotatable bonds is 8. The van der Waals surface area contributed by atoms with Gasteiger partial charge in [-0.25, -0.2) is 13.2 Å². The number of carbonyl (C=O) groups excluding carboxylic acids is 3. The highest BCUT2D eigenvalue weighted by Gasteiger charge is 2.35.